The molecule has 2 fully saturated rings. The van der Waals surface area contributed by atoms with Crippen molar-refractivity contribution >= 4 is 17.8 Å². The highest BCUT2D eigenvalue weighted by Gasteiger charge is 2.44. The number of nitrogens with zero attached hydrogens (tertiary/aromatic N) is 2. The molecule has 0 bridgehead atoms. The first-order valence-electron chi connectivity index (χ1n) is 9.90. The predicted molar refractivity (Wildman–Crippen MR) is 101 cm³/mol. The lowest BCUT2D eigenvalue weighted by Crippen LogP contribution is -2.53. The van der Waals surface area contributed by atoms with E-state index in [9.17, 15) is 19.5 Å². The van der Waals surface area contributed by atoms with Gasteiger partial charge < -0.3 is 14.9 Å². The number of likely N-dealkylation sites (tertiary alicyclic amines) is 1. The van der Waals surface area contributed by atoms with Gasteiger partial charge in [-0.2, -0.15) is 0 Å². The first-order chi connectivity index (χ1) is 13.0. The van der Waals surface area contributed by atoms with Crippen molar-refractivity contribution in [2.24, 2.45) is 11.8 Å². The average molecular weight is 372 g/mol. The summed E-state index contributed by atoms with van der Waals surface area (Å²) in [7, 11) is 0. The van der Waals surface area contributed by atoms with Crippen LogP contribution in [-0.2, 0) is 9.59 Å². The van der Waals surface area contributed by atoms with Crippen LogP contribution in [0.1, 0.15) is 49.4 Å². The minimum atomic E-state index is -0.862. The van der Waals surface area contributed by atoms with E-state index in [0.29, 0.717) is 38.0 Å². The highest BCUT2D eigenvalue weighted by molar-refractivity contribution is 5.94. The largest absolute Gasteiger partial charge is 0.481 e. The summed E-state index contributed by atoms with van der Waals surface area (Å²) in [4.78, 5) is 40.6. The number of piperidine rings is 1. The van der Waals surface area contributed by atoms with Gasteiger partial charge >= 0.3 is 5.97 Å². The minimum Gasteiger partial charge on any atom is -0.481 e. The molecule has 1 aliphatic carbocycles. The van der Waals surface area contributed by atoms with Gasteiger partial charge in [0.2, 0.25) is 5.91 Å². The number of hydrogen-bond acceptors (Lipinski definition) is 3. The summed E-state index contributed by atoms with van der Waals surface area (Å²) in [6, 6.07) is 9.35. The quantitative estimate of drug-likeness (QED) is 0.833. The third-order valence-electron chi connectivity index (χ3n) is 5.87. The van der Waals surface area contributed by atoms with Crippen molar-refractivity contribution in [3.05, 3.63) is 35.9 Å². The zero-order valence-corrected chi connectivity index (χ0v) is 15.8. The van der Waals surface area contributed by atoms with Gasteiger partial charge in [-0.3, -0.25) is 14.4 Å². The molecule has 0 aromatic heterocycles. The summed E-state index contributed by atoms with van der Waals surface area (Å²) >= 11 is 0. The summed E-state index contributed by atoms with van der Waals surface area (Å²) in [5.74, 6) is -1.75. The maximum absolute atomic E-state index is 12.9. The van der Waals surface area contributed by atoms with Crippen LogP contribution in [0.4, 0.5) is 0 Å². The highest BCUT2D eigenvalue weighted by atomic mass is 16.4. The van der Waals surface area contributed by atoms with E-state index < -0.39 is 11.9 Å². The van der Waals surface area contributed by atoms with Gasteiger partial charge in [-0.15, -0.1) is 0 Å². The van der Waals surface area contributed by atoms with Crippen LogP contribution in [0.2, 0.25) is 0 Å². The Labute approximate surface area is 160 Å². The van der Waals surface area contributed by atoms with Crippen LogP contribution in [0.15, 0.2) is 30.3 Å². The molecule has 6 nitrogen and oxygen atoms in total. The molecule has 2 unspecified atom stereocenters. The van der Waals surface area contributed by atoms with E-state index in [2.05, 4.69) is 0 Å². The van der Waals surface area contributed by atoms with Crippen LogP contribution in [0.5, 0.6) is 0 Å². The first kappa shape index (κ1) is 19.4. The summed E-state index contributed by atoms with van der Waals surface area (Å²) in [6.07, 6.45) is 3.60. The molecule has 1 aromatic carbocycles. The number of carbonyl (C=O) groups is 3. The molecule has 0 radical (unpaired) electrons. The zero-order chi connectivity index (χ0) is 19.4. The van der Waals surface area contributed by atoms with Crippen molar-refractivity contribution < 1.29 is 19.5 Å². The number of carbonyl (C=O) groups excluding carboxylic acids is 2. The SMILES string of the molecule is CCCN(C(=O)C1CCC1C(=O)O)C1CCN(C(=O)c2ccccc2)CC1. The maximum atomic E-state index is 12.9. The van der Waals surface area contributed by atoms with E-state index in [0.717, 1.165) is 19.3 Å². The Morgan fingerprint density at radius 1 is 1.04 bits per heavy atom. The smallest absolute Gasteiger partial charge is 0.307 e. The third kappa shape index (κ3) is 4.15. The Morgan fingerprint density at radius 2 is 1.67 bits per heavy atom. The Bertz CT molecular complexity index is 683. The third-order valence-corrected chi connectivity index (χ3v) is 5.87. The van der Waals surface area contributed by atoms with Crippen LogP contribution in [0.25, 0.3) is 0 Å². The van der Waals surface area contributed by atoms with Crippen molar-refractivity contribution in [2.75, 3.05) is 19.6 Å². The second-order valence-corrected chi connectivity index (χ2v) is 7.55. The fraction of sp³-hybridized carbons (Fsp3) is 0.571. The number of aliphatic carboxylic acids is 1. The van der Waals surface area contributed by atoms with E-state index in [1.165, 1.54) is 0 Å². The molecule has 2 amide bonds. The average Bonchev–Trinajstić information content (AvgIpc) is 2.65. The van der Waals surface area contributed by atoms with E-state index >= 15 is 0 Å². The lowest BCUT2D eigenvalue weighted by atomic mass is 9.72. The first-order valence-corrected chi connectivity index (χ1v) is 9.90. The number of benzene rings is 1. The molecule has 1 aliphatic heterocycles. The number of amides is 2. The summed E-state index contributed by atoms with van der Waals surface area (Å²) in [6.45, 7) is 3.93. The number of rotatable bonds is 6. The van der Waals surface area contributed by atoms with Crippen molar-refractivity contribution in [1.29, 1.82) is 0 Å². The summed E-state index contributed by atoms with van der Waals surface area (Å²) < 4.78 is 0. The Balaban J connectivity index is 1.61. The van der Waals surface area contributed by atoms with Crippen molar-refractivity contribution in [1.82, 2.24) is 9.80 Å². The van der Waals surface area contributed by atoms with Crippen molar-refractivity contribution in [3.8, 4) is 0 Å². The molecule has 146 valence electrons. The molecule has 1 N–H and O–H groups in total. The molecule has 27 heavy (non-hydrogen) atoms. The van der Waals surface area contributed by atoms with Gasteiger partial charge in [0.25, 0.3) is 5.91 Å². The van der Waals surface area contributed by atoms with Gasteiger partial charge in [0, 0.05) is 31.2 Å². The lowest BCUT2D eigenvalue weighted by Gasteiger charge is -2.42. The molecule has 1 saturated heterocycles. The molecule has 1 heterocycles. The van der Waals surface area contributed by atoms with Crippen LogP contribution in [0.3, 0.4) is 0 Å². The second kappa shape index (κ2) is 8.55. The van der Waals surface area contributed by atoms with Gasteiger partial charge in [0.05, 0.1) is 11.8 Å². The topological polar surface area (TPSA) is 77.9 Å². The van der Waals surface area contributed by atoms with Crippen LogP contribution in [0, 0.1) is 11.8 Å². The van der Waals surface area contributed by atoms with Gasteiger partial charge in [0.15, 0.2) is 0 Å². The van der Waals surface area contributed by atoms with Crippen molar-refractivity contribution in [2.45, 2.75) is 45.1 Å². The molecule has 1 saturated carbocycles. The van der Waals surface area contributed by atoms with Gasteiger partial charge in [-0.25, -0.2) is 0 Å². The normalized spacial score (nSPS) is 22.8. The lowest BCUT2D eigenvalue weighted by molar-refractivity contribution is -0.158. The van der Waals surface area contributed by atoms with E-state index in [4.69, 9.17) is 0 Å². The highest BCUT2D eigenvalue weighted by Crippen LogP contribution is 2.37. The van der Waals surface area contributed by atoms with Crippen LogP contribution < -0.4 is 0 Å². The van der Waals surface area contributed by atoms with E-state index in [-0.39, 0.29) is 23.8 Å². The Hall–Kier alpha value is -2.37. The standard InChI is InChI=1S/C21H28N2O4/c1-2-12-23(20(25)17-8-9-18(17)21(26)27)16-10-13-22(14-11-16)19(24)15-6-4-3-5-7-15/h3-7,16-18H,2,8-14H2,1H3,(H,26,27). The van der Waals surface area contributed by atoms with E-state index in [1.807, 2.05) is 47.1 Å². The van der Waals surface area contributed by atoms with Crippen molar-refractivity contribution in [3.63, 3.8) is 0 Å². The molecular weight excluding hydrogens is 344 g/mol. The number of carboxylic acids is 1. The predicted octanol–water partition coefficient (Wildman–Crippen LogP) is 2.64. The number of carboxylic acid groups (broad SMARTS) is 1. The maximum Gasteiger partial charge on any atom is 0.307 e. The summed E-state index contributed by atoms with van der Waals surface area (Å²) in [5.41, 5.74) is 0.691. The molecule has 1 aromatic rings. The molecule has 2 atom stereocenters. The minimum absolute atomic E-state index is 0.0108. The van der Waals surface area contributed by atoms with Crippen LogP contribution in [-0.4, -0.2) is 58.4 Å². The number of hydrogen-bond donors (Lipinski definition) is 1. The van der Waals surface area contributed by atoms with Crippen LogP contribution >= 0.6 is 0 Å². The summed E-state index contributed by atoms with van der Waals surface area (Å²) in [5, 5.41) is 9.26. The van der Waals surface area contributed by atoms with E-state index in [1.54, 1.807) is 0 Å². The molecular formula is C21H28N2O4. The Morgan fingerprint density at radius 3 is 2.19 bits per heavy atom. The van der Waals surface area contributed by atoms with Gasteiger partial charge in [0.1, 0.15) is 0 Å². The fourth-order valence-electron chi connectivity index (χ4n) is 4.16. The second-order valence-electron chi connectivity index (χ2n) is 7.55. The molecule has 3 rings (SSSR count). The fourth-order valence-corrected chi connectivity index (χ4v) is 4.16. The molecule has 0 spiro atoms. The zero-order valence-electron chi connectivity index (χ0n) is 15.8. The Kier molecular flexibility index (Phi) is 6.14. The monoisotopic (exact) mass is 372 g/mol. The molecule has 6 heteroatoms. The van der Waals surface area contributed by atoms with Gasteiger partial charge in [-0.05, 0) is 44.2 Å². The molecule has 2 aliphatic rings. The van der Waals surface area contributed by atoms with Gasteiger partial charge in [-0.1, -0.05) is 25.1 Å².